The van der Waals surface area contributed by atoms with Crippen molar-refractivity contribution in [2.45, 2.75) is 26.3 Å². The molecule has 1 aromatic rings. The number of nitrogens with zero attached hydrogens (tertiary/aromatic N) is 1. The molecular weight excluding hydrogens is 198 g/mol. The first-order chi connectivity index (χ1) is 6.69. The molecule has 0 saturated heterocycles. The van der Waals surface area contributed by atoms with E-state index in [9.17, 15) is 0 Å². The third-order valence-electron chi connectivity index (χ3n) is 2.07. The summed E-state index contributed by atoms with van der Waals surface area (Å²) in [6, 6.07) is -0.103. The molecule has 0 fully saturated rings. The van der Waals surface area contributed by atoms with E-state index in [1.54, 1.807) is 11.3 Å². The van der Waals surface area contributed by atoms with Crippen molar-refractivity contribution in [1.29, 1.82) is 0 Å². The third-order valence-corrected chi connectivity index (χ3v) is 2.93. The normalized spacial score (nSPS) is 14.0. The molecule has 0 amide bonds. The highest BCUT2D eigenvalue weighted by Gasteiger charge is 2.12. The van der Waals surface area contributed by atoms with E-state index in [2.05, 4.69) is 15.9 Å². The highest BCUT2D eigenvalue weighted by atomic mass is 32.1. The quantitative estimate of drug-likeness (QED) is 0.310. The Morgan fingerprint density at radius 1 is 1.71 bits per heavy atom. The van der Waals surface area contributed by atoms with Crippen LogP contribution in [0.4, 0.5) is 5.69 Å². The molecule has 0 aliphatic heterocycles. The van der Waals surface area contributed by atoms with Crippen molar-refractivity contribution in [3.8, 4) is 0 Å². The average Bonchev–Trinajstić information content (AvgIpc) is 2.59. The SMILES string of the molecule is CCC(Nc1cscc1C)/C(N)=N/O. The fourth-order valence-electron chi connectivity index (χ4n) is 1.15. The van der Waals surface area contributed by atoms with Crippen LogP contribution >= 0.6 is 11.3 Å². The van der Waals surface area contributed by atoms with E-state index >= 15 is 0 Å². The molecule has 1 unspecified atom stereocenters. The lowest BCUT2D eigenvalue weighted by Crippen LogP contribution is -2.35. The zero-order valence-electron chi connectivity index (χ0n) is 8.32. The van der Waals surface area contributed by atoms with Gasteiger partial charge in [-0.1, -0.05) is 12.1 Å². The fourth-order valence-corrected chi connectivity index (χ4v) is 1.94. The van der Waals surface area contributed by atoms with Gasteiger partial charge in [0, 0.05) is 11.1 Å². The van der Waals surface area contributed by atoms with Crippen LogP contribution in [0, 0.1) is 6.92 Å². The summed E-state index contributed by atoms with van der Waals surface area (Å²) < 4.78 is 0. The van der Waals surface area contributed by atoms with Gasteiger partial charge in [-0.15, -0.1) is 11.3 Å². The smallest absolute Gasteiger partial charge is 0.161 e. The second-order valence-electron chi connectivity index (χ2n) is 3.10. The molecule has 1 aromatic heterocycles. The molecule has 0 spiro atoms. The minimum atomic E-state index is -0.103. The predicted molar refractivity (Wildman–Crippen MR) is 60.2 cm³/mol. The van der Waals surface area contributed by atoms with Crippen LogP contribution in [0.15, 0.2) is 15.9 Å². The van der Waals surface area contributed by atoms with Crippen molar-refractivity contribution in [1.82, 2.24) is 0 Å². The summed E-state index contributed by atoms with van der Waals surface area (Å²) in [6.45, 7) is 4.01. The Hall–Kier alpha value is -1.23. The molecule has 0 aliphatic rings. The molecule has 5 heteroatoms. The average molecular weight is 213 g/mol. The first-order valence-electron chi connectivity index (χ1n) is 4.45. The lowest BCUT2D eigenvalue weighted by Gasteiger charge is -2.16. The number of hydrogen-bond acceptors (Lipinski definition) is 4. The molecule has 1 atom stereocenters. The van der Waals surface area contributed by atoms with E-state index < -0.39 is 0 Å². The van der Waals surface area contributed by atoms with Crippen molar-refractivity contribution >= 4 is 22.9 Å². The Labute approximate surface area is 87.4 Å². The van der Waals surface area contributed by atoms with Gasteiger partial charge in [-0.3, -0.25) is 0 Å². The van der Waals surface area contributed by atoms with Gasteiger partial charge in [-0.05, 0) is 24.3 Å². The minimum absolute atomic E-state index is 0.103. The highest BCUT2D eigenvalue weighted by molar-refractivity contribution is 7.08. The summed E-state index contributed by atoms with van der Waals surface area (Å²) in [4.78, 5) is 0. The Kier molecular flexibility index (Phi) is 3.76. The van der Waals surface area contributed by atoms with Gasteiger partial charge in [-0.25, -0.2) is 0 Å². The van der Waals surface area contributed by atoms with Gasteiger partial charge in [0.1, 0.15) is 0 Å². The van der Waals surface area contributed by atoms with Crippen molar-refractivity contribution in [2.75, 3.05) is 5.32 Å². The van der Waals surface area contributed by atoms with E-state index in [4.69, 9.17) is 10.9 Å². The Morgan fingerprint density at radius 3 is 2.86 bits per heavy atom. The molecule has 0 aliphatic carbocycles. The minimum Gasteiger partial charge on any atom is -0.409 e. The van der Waals surface area contributed by atoms with E-state index in [0.717, 1.165) is 12.1 Å². The molecule has 1 rings (SSSR count). The van der Waals surface area contributed by atoms with Crippen molar-refractivity contribution in [3.05, 3.63) is 16.3 Å². The maximum absolute atomic E-state index is 8.56. The van der Waals surface area contributed by atoms with Crippen LogP contribution in [-0.2, 0) is 0 Å². The predicted octanol–water partition coefficient (Wildman–Crippen LogP) is 1.99. The van der Waals surface area contributed by atoms with Crippen LogP contribution in [-0.4, -0.2) is 17.1 Å². The van der Waals surface area contributed by atoms with Crippen molar-refractivity contribution in [2.24, 2.45) is 10.9 Å². The number of nitrogens with one attached hydrogen (secondary N) is 1. The van der Waals surface area contributed by atoms with Gasteiger partial charge >= 0.3 is 0 Å². The largest absolute Gasteiger partial charge is 0.409 e. The Balaban J connectivity index is 2.71. The fraction of sp³-hybridized carbons (Fsp3) is 0.444. The lowest BCUT2D eigenvalue weighted by molar-refractivity contribution is 0.316. The van der Waals surface area contributed by atoms with Crippen molar-refractivity contribution < 1.29 is 5.21 Å². The third kappa shape index (κ3) is 2.38. The summed E-state index contributed by atoms with van der Waals surface area (Å²) in [5.41, 5.74) is 7.76. The topological polar surface area (TPSA) is 70.6 Å². The van der Waals surface area contributed by atoms with Crippen LogP contribution in [0.3, 0.4) is 0 Å². The highest BCUT2D eigenvalue weighted by Crippen LogP contribution is 2.20. The van der Waals surface area contributed by atoms with Gasteiger partial charge in [0.25, 0.3) is 0 Å². The number of anilines is 1. The van der Waals surface area contributed by atoms with Gasteiger partial charge in [-0.2, -0.15) is 0 Å². The second kappa shape index (κ2) is 4.85. The summed E-state index contributed by atoms with van der Waals surface area (Å²) in [7, 11) is 0. The summed E-state index contributed by atoms with van der Waals surface area (Å²) >= 11 is 1.63. The van der Waals surface area contributed by atoms with Crippen molar-refractivity contribution in [3.63, 3.8) is 0 Å². The Bertz CT molecular complexity index is 322. The molecule has 0 bridgehead atoms. The zero-order chi connectivity index (χ0) is 10.6. The van der Waals surface area contributed by atoms with Gasteiger partial charge in [0.15, 0.2) is 5.84 Å². The molecule has 1 heterocycles. The summed E-state index contributed by atoms with van der Waals surface area (Å²) in [5.74, 6) is 0.220. The van der Waals surface area contributed by atoms with E-state index in [-0.39, 0.29) is 11.9 Å². The number of nitrogens with two attached hydrogens (primary N) is 1. The molecule has 0 radical (unpaired) electrons. The molecule has 4 N–H and O–H groups in total. The van der Waals surface area contributed by atoms with Crippen LogP contribution < -0.4 is 11.1 Å². The number of aryl methyl sites for hydroxylation is 1. The van der Waals surface area contributed by atoms with Gasteiger partial charge in [0.05, 0.1) is 6.04 Å². The number of rotatable bonds is 4. The van der Waals surface area contributed by atoms with Crippen LogP contribution in [0.25, 0.3) is 0 Å². The monoisotopic (exact) mass is 213 g/mol. The summed E-state index contributed by atoms with van der Waals surface area (Å²) in [6.07, 6.45) is 0.783. The number of thiophene rings is 1. The maximum Gasteiger partial charge on any atom is 0.161 e. The lowest BCUT2D eigenvalue weighted by atomic mass is 10.2. The number of hydrogen-bond donors (Lipinski definition) is 3. The number of oxime groups is 1. The van der Waals surface area contributed by atoms with E-state index in [1.165, 1.54) is 5.56 Å². The van der Waals surface area contributed by atoms with Crippen LogP contribution in [0.2, 0.25) is 0 Å². The number of amidine groups is 1. The molecule has 4 nitrogen and oxygen atoms in total. The summed E-state index contributed by atoms with van der Waals surface area (Å²) in [5, 5.41) is 18.9. The van der Waals surface area contributed by atoms with Gasteiger partial charge < -0.3 is 16.3 Å². The molecule has 0 saturated carbocycles. The standard InChI is InChI=1S/C9H15N3OS/c1-3-7(9(10)12-13)11-8-5-14-4-6(8)2/h4-5,7,11,13H,3H2,1-2H3,(H2,10,12). The first kappa shape index (κ1) is 10.8. The zero-order valence-corrected chi connectivity index (χ0v) is 9.14. The molecular formula is C9H15N3OS. The van der Waals surface area contributed by atoms with Crippen LogP contribution in [0.1, 0.15) is 18.9 Å². The molecule has 78 valence electrons. The van der Waals surface area contributed by atoms with Crippen LogP contribution in [0.5, 0.6) is 0 Å². The maximum atomic E-state index is 8.56. The van der Waals surface area contributed by atoms with E-state index in [1.807, 2.05) is 19.2 Å². The first-order valence-corrected chi connectivity index (χ1v) is 5.40. The molecule has 0 aromatic carbocycles. The Morgan fingerprint density at radius 2 is 2.43 bits per heavy atom. The molecule has 14 heavy (non-hydrogen) atoms. The van der Waals surface area contributed by atoms with Gasteiger partial charge in [0.2, 0.25) is 0 Å². The second-order valence-corrected chi connectivity index (χ2v) is 3.84. The van der Waals surface area contributed by atoms with E-state index in [0.29, 0.717) is 0 Å².